The first-order valence-corrected chi connectivity index (χ1v) is 9.85. The Morgan fingerprint density at radius 1 is 1.18 bits per heavy atom. The number of hydrogen-bond donors (Lipinski definition) is 1. The lowest BCUT2D eigenvalue weighted by atomic mass is 10.1. The molecule has 1 heterocycles. The van der Waals surface area contributed by atoms with Crippen LogP contribution in [0.15, 0.2) is 47.4 Å². The van der Waals surface area contributed by atoms with Crippen LogP contribution < -0.4 is 10.2 Å². The fourth-order valence-electron chi connectivity index (χ4n) is 2.93. The van der Waals surface area contributed by atoms with E-state index in [1.807, 2.05) is 36.1 Å². The summed E-state index contributed by atoms with van der Waals surface area (Å²) < 4.78 is 44.7. The Morgan fingerprint density at radius 3 is 2.61 bits per heavy atom. The number of ether oxygens (including phenoxy) is 1. The van der Waals surface area contributed by atoms with Gasteiger partial charge in [-0.15, -0.1) is 11.8 Å². The number of hydrogen-bond acceptors (Lipinski definition) is 4. The quantitative estimate of drug-likeness (QED) is 0.733. The number of halogens is 3. The van der Waals surface area contributed by atoms with Crippen LogP contribution in [0, 0.1) is 6.92 Å². The first kappa shape index (κ1) is 20.5. The fourth-order valence-corrected chi connectivity index (χ4v) is 3.75. The zero-order valence-corrected chi connectivity index (χ0v) is 16.2. The van der Waals surface area contributed by atoms with Gasteiger partial charge < -0.3 is 15.0 Å². The molecule has 0 saturated carbocycles. The van der Waals surface area contributed by atoms with E-state index in [1.54, 1.807) is 0 Å². The monoisotopic (exact) mass is 410 g/mol. The molecule has 1 saturated heterocycles. The highest BCUT2D eigenvalue weighted by Crippen LogP contribution is 2.36. The molecule has 0 atom stereocenters. The van der Waals surface area contributed by atoms with Gasteiger partial charge in [0, 0.05) is 18.0 Å². The van der Waals surface area contributed by atoms with Crippen LogP contribution in [0.1, 0.15) is 11.1 Å². The van der Waals surface area contributed by atoms with Gasteiger partial charge in [-0.2, -0.15) is 13.2 Å². The number of amides is 1. The second-order valence-electron chi connectivity index (χ2n) is 6.48. The summed E-state index contributed by atoms with van der Waals surface area (Å²) in [6.07, 6.45) is -4.47. The third kappa shape index (κ3) is 5.42. The van der Waals surface area contributed by atoms with Gasteiger partial charge >= 0.3 is 6.18 Å². The smallest absolute Gasteiger partial charge is 0.378 e. The van der Waals surface area contributed by atoms with E-state index in [1.165, 1.54) is 17.8 Å². The summed E-state index contributed by atoms with van der Waals surface area (Å²) >= 11 is 1.35. The van der Waals surface area contributed by atoms with E-state index in [2.05, 4.69) is 5.32 Å². The molecule has 1 aliphatic rings. The number of alkyl halides is 3. The van der Waals surface area contributed by atoms with E-state index in [-0.39, 0.29) is 17.3 Å². The van der Waals surface area contributed by atoms with Crippen LogP contribution in [0.2, 0.25) is 0 Å². The molecule has 2 aromatic carbocycles. The third-order valence-electron chi connectivity index (χ3n) is 4.31. The minimum atomic E-state index is -4.47. The second-order valence-corrected chi connectivity index (χ2v) is 7.53. The molecule has 1 N–H and O–H groups in total. The number of nitrogens with one attached hydrogen (secondary N) is 1. The van der Waals surface area contributed by atoms with Crippen molar-refractivity contribution in [3.8, 4) is 0 Å². The highest BCUT2D eigenvalue weighted by Gasteiger charge is 2.31. The summed E-state index contributed by atoms with van der Waals surface area (Å²) in [6.45, 7) is 4.08. The van der Waals surface area contributed by atoms with Crippen molar-refractivity contribution < 1.29 is 22.7 Å². The Hall–Kier alpha value is -2.19. The standard InChI is InChI=1S/C20H21F3N2O2S/c1-14-3-2-4-16(11-14)28-13-19(26)24-17-12-15(20(21,22)23)5-6-18(17)25-7-9-27-10-8-25/h2-6,11-12H,7-10,13H2,1H3,(H,24,26). The van der Waals surface area contributed by atoms with Crippen LogP contribution in [-0.4, -0.2) is 38.0 Å². The van der Waals surface area contributed by atoms with Crippen molar-refractivity contribution >= 4 is 29.0 Å². The maximum atomic E-state index is 13.1. The number of rotatable bonds is 5. The Morgan fingerprint density at radius 2 is 1.93 bits per heavy atom. The van der Waals surface area contributed by atoms with Crippen LogP contribution in [0.25, 0.3) is 0 Å². The second kappa shape index (κ2) is 8.87. The van der Waals surface area contributed by atoms with Crippen LogP contribution in [0.5, 0.6) is 0 Å². The lowest BCUT2D eigenvalue weighted by Crippen LogP contribution is -2.37. The summed E-state index contributed by atoms with van der Waals surface area (Å²) in [6, 6.07) is 11.2. The number of carbonyl (C=O) groups is 1. The third-order valence-corrected chi connectivity index (χ3v) is 5.30. The number of morpholine rings is 1. The van der Waals surface area contributed by atoms with Crippen molar-refractivity contribution in [1.82, 2.24) is 0 Å². The van der Waals surface area contributed by atoms with Gasteiger partial charge in [0.2, 0.25) is 5.91 Å². The maximum Gasteiger partial charge on any atom is 0.416 e. The van der Waals surface area contributed by atoms with E-state index in [0.29, 0.717) is 32.0 Å². The number of nitrogens with zero attached hydrogens (tertiary/aromatic N) is 1. The van der Waals surface area contributed by atoms with E-state index in [0.717, 1.165) is 22.6 Å². The summed E-state index contributed by atoms with van der Waals surface area (Å²) in [4.78, 5) is 15.3. The van der Waals surface area contributed by atoms with E-state index in [4.69, 9.17) is 4.74 Å². The lowest BCUT2D eigenvalue weighted by Gasteiger charge is -2.31. The van der Waals surface area contributed by atoms with Crippen LogP contribution >= 0.6 is 11.8 Å². The van der Waals surface area contributed by atoms with Crippen molar-refractivity contribution in [2.24, 2.45) is 0 Å². The molecule has 2 aromatic rings. The zero-order valence-electron chi connectivity index (χ0n) is 15.4. The molecule has 0 bridgehead atoms. The number of aryl methyl sites for hydroxylation is 1. The van der Waals surface area contributed by atoms with Gasteiger partial charge in [0.25, 0.3) is 0 Å². The molecule has 0 radical (unpaired) electrons. The molecule has 0 aliphatic carbocycles. The minimum Gasteiger partial charge on any atom is -0.378 e. The van der Waals surface area contributed by atoms with Gasteiger partial charge in [-0.25, -0.2) is 0 Å². The van der Waals surface area contributed by atoms with Gasteiger partial charge in [0.1, 0.15) is 0 Å². The summed E-state index contributed by atoms with van der Waals surface area (Å²) in [5.41, 5.74) is 1.04. The summed E-state index contributed by atoms with van der Waals surface area (Å²) in [5, 5.41) is 2.66. The Kier molecular flexibility index (Phi) is 6.51. The number of thioether (sulfide) groups is 1. The average Bonchev–Trinajstić information content (AvgIpc) is 2.66. The largest absolute Gasteiger partial charge is 0.416 e. The summed E-state index contributed by atoms with van der Waals surface area (Å²) in [7, 11) is 0. The molecule has 0 unspecified atom stereocenters. The first-order chi connectivity index (χ1) is 13.3. The van der Waals surface area contributed by atoms with Gasteiger partial charge in [-0.1, -0.05) is 17.7 Å². The molecule has 1 fully saturated rings. The highest BCUT2D eigenvalue weighted by molar-refractivity contribution is 8.00. The van der Waals surface area contributed by atoms with Crippen LogP contribution in [0.3, 0.4) is 0 Å². The number of carbonyl (C=O) groups excluding carboxylic acids is 1. The minimum absolute atomic E-state index is 0.113. The molecule has 3 rings (SSSR count). The van der Waals surface area contributed by atoms with Crippen molar-refractivity contribution in [2.75, 3.05) is 42.3 Å². The molecule has 0 aromatic heterocycles. The number of benzene rings is 2. The van der Waals surface area contributed by atoms with Crippen molar-refractivity contribution in [2.45, 2.75) is 18.0 Å². The Balaban J connectivity index is 1.76. The lowest BCUT2D eigenvalue weighted by molar-refractivity contribution is -0.137. The number of anilines is 2. The fraction of sp³-hybridized carbons (Fsp3) is 0.350. The Bertz CT molecular complexity index is 836. The van der Waals surface area contributed by atoms with Crippen molar-refractivity contribution in [3.05, 3.63) is 53.6 Å². The van der Waals surface area contributed by atoms with Gasteiger partial charge in [0.05, 0.1) is 35.9 Å². The van der Waals surface area contributed by atoms with Gasteiger partial charge in [0.15, 0.2) is 0 Å². The molecule has 4 nitrogen and oxygen atoms in total. The molecule has 28 heavy (non-hydrogen) atoms. The van der Waals surface area contributed by atoms with Crippen molar-refractivity contribution in [3.63, 3.8) is 0 Å². The van der Waals surface area contributed by atoms with E-state index >= 15 is 0 Å². The van der Waals surface area contributed by atoms with E-state index < -0.39 is 11.7 Å². The highest BCUT2D eigenvalue weighted by atomic mass is 32.2. The maximum absolute atomic E-state index is 13.1. The normalized spacial score (nSPS) is 14.8. The SMILES string of the molecule is Cc1cccc(SCC(=O)Nc2cc(C(F)(F)F)ccc2N2CCOCC2)c1. The molecule has 8 heteroatoms. The molecule has 0 spiro atoms. The first-order valence-electron chi connectivity index (χ1n) is 8.86. The predicted octanol–water partition coefficient (Wildman–Crippen LogP) is 4.58. The molecule has 1 aliphatic heterocycles. The molecular formula is C20H21F3N2O2S. The average molecular weight is 410 g/mol. The van der Waals surface area contributed by atoms with Crippen LogP contribution in [0.4, 0.5) is 24.5 Å². The van der Waals surface area contributed by atoms with Gasteiger partial charge in [-0.3, -0.25) is 4.79 Å². The topological polar surface area (TPSA) is 41.6 Å². The zero-order chi connectivity index (χ0) is 20.1. The summed E-state index contributed by atoms with van der Waals surface area (Å²) in [5.74, 6) is -0.234. The molecule has 150 valence electrons. The van der Waals surface area contributed by atoms with Gasteiger partial charge in [-0.05, 0) is 37.3 Å². The molecular weight excluding hydrogens is 389 g/mol. The molecule has 1 amide bonds. The van der Waals surface area contributed by atoms with E-state index in [9.17, 15) is 18.0 Å². The van der Waals surface area contributed by atoms with Crippen molar-refractivity contribution in [1.29, 1.82) is 0 Å². The Labute approximate surface area is 166 Å². The predicted molar refractivity (Wildman–Crippen MR) is 105 cm³/mol. The van der Waals surface area contributed by atoms with Crippen LogP contribution in [-0.2, 0) is 15.7 Å².